The van der Waals surface area contributed by atoms with E-state index < -0.39 is 0 Å². The van der Waals surface area contributed by atoms with E-state index in [1.54, 1.807) is 12.1 Å². The molecule has 1 nitrogen and oxygen atoms in total. The standard InChI is InChI=1S/C24H41FO/c1-5-7-8-9-10-11-15-22(24(3,4)26-6-2)16-13-12-14-21-17-19-23(25)20-18-21/h17-20,22H,5-16H2,1-4H3. The molecule has 1 aromatic carbocycles. The van der Waals surface area contributed by atoms with Gasteiger partial charge in [-0.1, -0.05) is 64.0 Å². The van der Waals surface area contributed by atoms with Gasteiger partial charge in [0.2, 0.25) is 0 Å². The van der Waals surface area contributed by atoms with E-state index in [0.717, 1.165) is 13.0 Å². The van der Waals surface area contributed by atoms with Crippen LogP contribution in [0.25, 0.3) is 0 Å². The Morgan fingerprint density at radius 2 is 1.42 bits per heavy atom. The highest BCUT2D eigenvalue weighted by molar-refractivity contribution is 5.15. The summed E-state index contributed by atoms with van der Waals surface area (Å²) in [7, 11) is 0. The highest BCUT2D eigenvalue weighted by Gasteiger charge is 2.28. The summed E-state index contributed by atoms with van der Waals surface area (Å²) in [6.45, 7) is 9.68. The van der Waals surface area contributed by atoms with E-state index in [4.69, 9.17) is 4.74 Å². The molecule has 0 aliphatic carbocycles. The molecule has 0 spiro atoms. The van der Waals surface area contributed by atoms with Crippen molar-refractivity contribution < 1.29 is 9.13 Å². The van der Waals surface area contributed by atoms with Crippen LogP contribution in [0.15, 0.2) is 24.3 Å². The first-order valence-corrected chi connectivity index (χ1v) is 10.9. The highest BCUT2D eigenvalue weighted by Crippen LogP contribution is 2.31. The summed E-state index contributed by atoms with van der Waals surface area (Å²) in [6.07, 6.45) is 14.0. The number of hydrogen-bond acceptors (Lipinski definition) is 1. The number of hydrogen-bond donors (Lipinski definition) is 0. The second-order valence-electron chi connectivity index (χ2n) is 8.16. The van der Waals surface area contributed by atoms with Gasteiger partial charge >= 0.3 is 0 Å². The maximum atomic E-state index is 13.0. The van der Waals surface area contributed by atoms with E-state index in [1.165, 1.54) is 69.8 Å². The minimum atomic E-state index is -0.147. The van der Waals surface area contributed by atoms with Crippen LogP contribution in [-0.2, 0) is 11.2 Å². The number of unbranched alkanes of at least 4 members (excludes halogenated alkanes) is 6. The van der Waals surface area contributed by atoms with Crippen LogP contribution in [0, 0.1) is 11.7 Å². The van der Waals surface area contributed by atoms with Crippen LogP contribution in [0.3, 0.4) is 0 Å². The zero-order valence-corrected chi connectivity index (χ0v) is 17.7. The largest absolute Gasteiger partial charge is 0.376 e. The van der Waals surface area contributed by atoms with Gasteiger partial charge in [0.25, 0.3) is 0 Å². The zero-order valence-electron chi connectivity index (χ0n) is 17.7. The Hall–Kier alpha value is -0.890. The van der Waals surface area contributed by atoms with E-state index in [2.05, 4.69) is 27.7 Å². The van der Waals surface area contributed by atoms with Gasteiger partial charge in [0.05, 0.1) is 5.60 Å². The molecule has 1 aromatic rings. The normalized spacial score (nSPS) is 13.1. The molecule has 0 bridgehead atoms. The molecular formula is C24H41FO. The van der Waals surface area contributed by atoms with E-state index in [0.29, 0.717) is 5.92 Å². The first kappa shape index (κ1) is 23.1. The van der Waals surface area contributed by atoms with Crippen LogP contribution in [0.2, 0.25) is 0 Å². The summed E-state index contributed by atoms with van der Waals surface area (Å²) in [5, 5.41) is 0. The molecule has 0 fully saturated rings. The van der Waals surface area contributed by atoms with Crippen molar-refractivity contribution in [3.63, 3.8) is 0 Å². The number of halogens is 1. The van der Waals surface area contributed by atoms with Crippen molar-refractivity contribution in [2.24, 2.45) is 5.92 Å². The second kappa shape index (κ2) is 13.3. The Morgan fingerprint density at radius 1 is 0.846 bits per heavy atom. The summed E-state index contributed by atoms with van der Waals surface area (Å²) in [5.74, 6) is 0.480. The minimum Gasteiger partial charge on any atom is -0.376 e. The molecule has 2 heteroatoms. The molecule has 0 heterocycles. The Kier molecular flexibility index (Phi) is 11.8. The number of rotatable bonds is 15. The van der Waals surface area contributed by atoms with Gasteiger partial charge in [0.1, 0.15) is 5.82 Å². The third-order valence-corrected chi connectivity index (χ3v) is 5.59. The molecule has 150 valence electrons. The monoisotopic (exact) mass is 364 g/mol. The average molecular weight is 365 g/mol. The molecule has 1 rings (SSSR count). The van der Waals surface area contributed by atoms with Gasteiger partial charge in [0, 0.05) is 6.61 Å². The molecule has 26 heavy (non-hydrogen) atoms. The van der Waals surface area contributed by atoms with Crippen LogP contribution in [-0.4, -0.2) is 12.2 Å². The third-order valence-electron chi connectivity index (χ3n) is 5.59. The molecule has 1 atom stereocenters. The van der Waals surface area contributed by atoms with Crippen molar-refractivity contribution >= 4 is 0 Å². The Balaban J connectivity index is 2.37. The van der Waals surface area contributed by atoms with Crippen molar-refractivity contribution in [1.82, 2.24) is 0 Å². The lowest BCUT2D eigenvalue weighted by atomic mass is 9.82. The SMILES string of the molecule is CCCCCCCCC(CCCCc1ccc(F)cc1)C(C)(C)OCC. The summed E-state index contributed by atoms with van der Waals surface area (Å²) in [5.41, 5.74) is 1.21. The van der Waals surface area contributed by atoms with Gasteiger partial charge in [-0.3, -0.25) is 0 Å². The van der Waals surface area contributed by atoms with Crippen LogP contribution < -0.4 is 0 Å². The van der Waals surface area contributed by atoms with Crippen molar-refractivity contribution in [3.8, 4) is 0 Å². The van der Waals surface area contributed by atoms with Crippen molar-refractivity contribution in [3.05, 3.63) is 35.6 Å². The summed E-state index contributed by atoms with van der Waals surface area (Å²) < 4.78 is 19.1. The predicted octanol–water partition coefficient (Wildman–Crippen LogP) is 7.72. The molecule has 0 radical (unpaired) electrons. The molecule has 0 aliphatic rings. The lowest BCUT2D eigenvalue weighted by molar-refractivity contribution is -0.0605. The minimum absolute atomic E-state index is 0.0337. The smallest absolute Gasteiger partial charge is 0.123 e. The van der Waals surface area contributed by atoms with Gasteiger partial charge in [-0.25, -0.2) is 4.39 Å². The molecule has 0 amide bonds. The molecule has 0 aliphatic heterocycles. The molecular weight excluding hydrogens is 323 g/mol. The molecule has 0 aromatic heterocycles. The van der Waals surface area contributed by atoms with Gasteiger partial charge in [-0.05, 0) is 70.1 Å². The maximum absolute atomic E-state index is 13.0. The Labute approximate surface area is 161 Å². The lowest BCUT2D eigenvalue weighted by Crippen LogP contribution is -2.34. The van der Waals surface area contributed by atoms with Crippen LogP contribution >= 0.6 is 0 Å². The number of aryl methyl sites for hydroxylation is 1. The fourth-order valence-electron chi connectivity index (χ4n) is 3.87. The predicted molar refractivity (Wildman–Crippen MR) is 111 cm³/mol. The second-order valence-corrected chi connectivity index (χ2v) is 8.16. The number of ether oxygens (including phenoxy) is 1. The maximum Gasteiger partial charge on any atom is 0.123 e. The van der Waals surface area contributed by atoms with E-state index >= 15 is 0 Å². The molecule has 1 unspecified atom stereocenters. The fourth-order valence-corrected chi connectivity index (χ4v) is 3.87. The summed E-state index contributed by atoms with van der Waals surface area (Å²) in [6, 6.07) is 6.95. The van der Waals surface area contributed by atoms with E-state index in [-0.39, 0.29) is 11.4 Å². The summed E-state index contributed by atoms with van der Waals surface area (Å²) in [4.78, 5) is 0. The van der Waals surface area contributed by atoms with Crippen molar-refractivity contribution in [2.75, 3.05) is 6.61 Å². The highest BCUT2D eigenvalue weighted by atomic mass is 19.1. The van der Waals surface area contributed by atoms with Crippen LogP contribution in [0.4, 0.5) is 4.39 Å². The van der Waals surface area contributed by atoms with Gasteiger partial charge in [-0.2, -0.15) is 0 Å². The lowest BCUT2D eigenvalue weighted by Gasteiger charge is -2.34. The van der Waals surface area contributed by atoms with E-state index in [1.807, 2.05) is 12.1 Å². The van der Waals surface area contributed by atoms with Gasteiger partial charge < -0.3 is 4.74 Å². The first-order valence-electron chi connectivity index (χ1n) is 10.9. The van der Waals surface area contributed by atoms with Crippen molar-refractivity contribution in [2.45, 2.75) is 104 Å². The molecule has 0 saturated heterocycles. The van der Waals surface area contributed by atoms with Crippen molar-refractivity contribution in [1.29, 1.82) is 0 Å². The zero-order chi connectivity index (χ0) is 19.3. The van der Waals surface area contributed by atoms with Crippen LogP contribution in [0.5, 0.6) is 0 Å². The first-order chi connectivity index (χ1) is 12.5. The van der Waals surface area contributed by atoms with Gasteiger partial charge in [0.15, 0.2) is 0 Å². The number of benzene rings is 1. The quantitative estimate of drug-likeness (QED) is 0.289. The third kappa shape index (κ3) is 9.71. The average Bonchev–Trinajstić information content (AvgIpc) is 2.61. The Morgan fingerprint density at radius 3 is 2.04 bits per heavy atom. The van der Waals surface area contributed by atoms with E-state index in [9.17, 15) is 4.39 Å². The molecule has 0 N–H and O–H groups in total. The summed E-state index contributed by atoms with van der Waals surface area (Å²) >= 11 is 0. The fraction of sp³-hybridized carbons (Fsp3) is 0.750. The molecule has 0 saturated carbocycles. The van der Waals surface area contributed by atoms with Crippen LogP contribution in [0.1, 0.15) is 97.5 Å². The Bertz CT molecular complexity index is 452. The topological polar surface area (TPSA) is 9.23 Å². The van der Waals surface area contributed by atoms with Gasteiger partial charge in [-0.15, -0.1) is 0 Å².